The van der Waals surface area contributed by atoms with Gasteiger partial charge in [-0.05, 0) is 32.4 Å². The van der Waals surface area contributed by atoms with Gasteiger partial charge in [-0.1, -0.05) is 0 Å². The van der Waals surface area contributed by atoms with Crippen molar-refractivity contribution in [2.24, 2.45) is 0 Å². The molecule has 19 heavy (non-hydrogen) atoms. The minimum absolute atomic E-state index is 0.0347. The number of aromatic nitrogens is 1. The van der Waals surface area contributed by atoms with Crippen LogP contribution in [0.1, 0.15) is 32.8 Å². The minimum Gasteiger partial charge on any atom is -0.481 e. The van der Waals surface area contributed by atoms with E-state index in [2.05, 4.69) is 36.4 Å². The molecule has 5 nitrogen and oxygen atoms in total. The third-order valence-electron chi connectivity index (χ3n) is 2.51. The van der Waals surface area contributed by atoms with Crippen molar-refractivity contribution in [2.45, 2.75) is 39.3 Å². The lowest BCUT2D eigenvalue weighted by molar-refractivity contribution is -0.121. The van der Waals surface area contributed by atoms with Gasteiger partial charge in [-0.25, -0.2) is 4.98 Å². The molecule has 1 aromatic heterocycles. The van der Waals surface area contributed by atoms with Crippen LogP contribution >= 0.6 is 0 Å². The van der Waals surface area contributed by atoms with Gasteiger partial charge in [0.25, 0.3) is 0 Å². The van der Waals surface area contributed by atoms with Crippen molar-refractivity contribution in [3.05, 3.63) is 23.9 Å². The maximum Gasteiger partial charge on any atom is 0.221 e. The summed E-state index contributed by atoms with van der Waals surface area (Å²) in [5, 5.41) is 6.15. The minimum atomic E-state index is 0.0347. The Morgan fingerprint density at radius 3 is 2.79 bits per heavy atom. The van der Waals surface area contributed by atoms with E-state index < -0.39 is 0 Å². The zero-order valence-corrected chi connectivity index (χ0v) is 12.1. The van der Waals surface area contributed by atoms with Crippen LogP contribution in [-0.4, -0.2) is 30.1 Å². The standard InChI is InChI=1S/C14H23N3O2/c1-14(2,3)17-8-6-12(18)16-10-11-5-7-15-13(9-11)19-4/h5,7,9,17H,6,8,10H2,1-4H3,(H,16,18). The Bertz CT molecular complexity index is 413. The number of methoxy groups -OCH3 is 1. The average molecular weight is 265 g/mol. The van der Waals surface area contributed by atoms with Gasteiger partial charge in [-0.15, -0.1) is 0 Å². The van der Waals surface area contributed by atoms with Crippen molar-refractivity contribution in [1.82, 2.24) is 15.6 Å². The highest BCUT2D eigenvalue weighted by molar-refractivity contribution is 5.76. The predicted octanol–water partition coefficient (Wildman–Crippen LogP) is 1.48. The number of hydrogen-bond donors (Lipinski definition) is 2. The molecule has 1 rings (SSSR count). The molecule has 1 heterocycles. The number of rotatable bonds is 6. The highest BCUT2D eigenvalue weighted by Gasteiger charge is 2.09. The topological polar surface area (TPSA) is 63.2 Å². The van der Waals surface area contributed by atoms with Crippen LogP contribution in [0.15, 0.2) is 18.3 Å². The second kappa shape index (κ2) is 7.09. The van der Waals surface area contributed by atoms with Crippen LogP contribution in [0, 0.1) is 0 Å². The first-order valence-electron chi connectivity index (χ1n) is 6.41. The SMILES string of the molecule is COc1cc(CNC(=O)CCNC(C)(C)C)ccn1. The summed E-state index contributed by atoms with van der Waals surface area (Å²) in [6.07, 6.45) is 2.14. The molecule has 2 N–H and O–H groups in total. The summed E-state index contributed by atoms with van der Waals surface area (Å²) in [5.74, 6) is 0.591. The molecule has 0 aliphatic rings. The second-order valence-electron chi connectivity index (χ2n) is 5.41. The van der Waals surface area contributed by atoms with Crippen LogP contribution in [0.2, 0.25) is 0 Å². The van der Waals surface area contributed by atoms with E-state index in [0.29, 0.717) is 25.4 Å². The number of hydrogen-bond acceptors (Lipinski definition) is 4. The van der Waals surface area contributed by atoms with Gasteiger partial charge >= 0.3 is 0 Å². The van der Waals surface area contributed by atoms with Crippen molar-refractivity contribution in [1.29, 1.82) is 0 Å². The fraction of sp³-hybridized carbons (Fsp3) is 0.571. The summed E-state index contributed by atoms with van der Waals surface area (Å²) in [6, 6.07) is 3.67. The number of ether oxygens (including phenoxy) is 1. The zero-order valence-electron chi connectivity index (χ0n) is 12.1. The number of carbonyl (C=O) groups excluding carboxylic acids is 1. The van der Waals surface area contributed by atoms with Crippen molar-refractivity contribution in [3.8, 4) is 5.88 Å². The molecule has 0 aliphatic heterocycles. The van der Waals surface area contributed by atoms with Crippen molar-refractivity contribution in [3.63, 3.8) is 0 Å². The molecule has 5 heteroatoms. The monoisotopic (exact) mass is 265 g/mol. The second-order valence-corrected chi connectivity index (χ2v) is 5.41. The highest BCUT2D eigenvalue weighted by Crippen LogP contribution is 2.08. The fourth-order valence-electron chi connectivity index (χ4n) is 1.51. The largest absolute Gasteiger partial charge is 0.481 e. The van der Waals surface area contributed by atoms with Crippen LogP contribution in [0.25, 0.3) is 0 Å². The molecule has 106 valence electrons. The lowest BCUT2D eigenvalue weighted by atomic mass is 10.1. The summed E-state index contributed by atoms with van der Waals surface area (Å²) in [6.45, 7) is 7.40. The Morgan fingerprint density at radius 2 is 2.16 bits per heavy atom. The number of nitrogens with one attached hydrogen (secondary N) is 2. The Balaban J connectivity index is 2.29. The smallest absolute Gasteiger partial charge is 0.221 e. The van der Waals surface area contributed by atoms with Gasteiger partial charge in [0.1, 0.15) is 0 Å². The molecular weight excluding hydrogens is 242 g/mol. The van der Waals surface area contributed by atoms with Crippen LogP contribution < -0.4 is 15.4 Å². The van der Waals surface area contributed by atoms with Gasteiger partial charge in [0.15, 0.2) is 0 Å². The van der Waals surface area contributed by atoms with Crippen molar-refractivity contribution < 1.29 is 9.53 Å². The zero-order chi connectivity index (χ0) is 14.3. The number of carbonyl (C=O) groups is 1. The Hall–Kier alpha value is -1.62. The van der Waals surface area contributed by atoms with Gasteiger partial charge < -0.3 is 15.4 Å². The van der Waals surface area contributed by atoms with Gasteiger partial charge in [0.2, 0.25) is 11.8 Å². The molecule has 1 aromatic rings. The van der Waals surface area contributed by atoms with E-state index in [1.807, 2.05) is 12.1 Å². The van der Waals surface area contributed by atoms with E-state index in [-0.39, 0.29) is 11.4 Å². The molecule has 0 bridgehead atoms. The number of amides is 1. The molecule has 0 unspecified atom stereocenters. The molecule has 0 aromatic carbocycles. The molecule has 1 amide bonds. The maximum atomic E-state index is 11.7. The quantitative estimate of drug-likeness (QED) is 0.818. The predicted molar refractivity (Wildman–Crippen MR) is 75.0 cm³/mol. The average Bonchev–Trinajstić information content (AvgIpc) is 2.35. The van der Waals surface area contributed by atoms with Gasteiger partial charge in [0.05, 0.1) is 7.11 Å². The van der Waals surface area contributed by atoms with Gasteiger partial charge in [0, 0.05) is 37.3 Å². The Kier molecular flexibility index (Phi) is 5.76. The first-order chi connectivity index (χ1) is 8.90. The number of pyridine rings is 1. The molecule has 0 spiro atoms. The van der Waals surface area contributed by atoms with Crippen LogP contribution in [0.3, 0.4) is 0 Å². The third kappa shape index (κ3) is 6.76. The van der Waals surface area contributed by atoms with E-state index >= 15 is 0 Å². The lowest BCUT2D eigenvalue weighted by Gasteiger charge is -2.20. The summed E-state index contributed by atoms with van der Waals surface area (Å²) >= 11 is 0. The molecule has 0 saturated heterocycles. The van der Waals surface area contributed by atoms with E-state index in [0.717, 1.165) is 5.56 Å². The van der Waals surface area contributed by atoms with E-state index in [4.69, 9.17) is 4.74 Å². The third-order valence-corrected chi connectivity index (χ3v) is 2.51. The van der Waals surface area contributed by atoms with E-state index in [9.17, 15) is 4.79 Å². The van der Waals surface area contributed by atoms with Crippen molar-refractivity contribution in [2.75, 3.05) is 13.7 Å². The van der Waals surface area contributed by atoms with Gasteiger partial charge in [-0.3, -0.25) is 4.79 Å². The lowest BCUT2D eigenvalue weighted by Crippen LogP contribution is -2.38. The van der Waals surface area contributed by atoms with Crippen LogP contribution in [-0.2, 0) is 11.3 Å². The first kappa shape index (κ1) is 15.4. The first-order valence-corrected chi connectivity index (χ1v) is 6.41. The van der Waals surface area contributed by atoms with Crippen LogP contribution in [0.5, 0.6) is 5.88 Å². The molecule has 0 radical (unpaired) electrons. The fourth-order valence-corrected chi connectivity index (χ4v) is 1.51. The Morgan fingerprint density at radius 1 is 1.42 bits per heavy atom. The molecular formula is C14H23N3O2. The number of nitrogens with zero attached hydrogens (tertiary/aromatic N) is 1. The van der Waals surface area contributed by atoms with Gasteiger partial charge in [-0.2, -0.15) is 0 Å². The summed E-state index contributed by atoms with van der Waals surface area (Å²) in [7, 11) is 1.57. The van der Waals surface area contributed by atoms with E-state index in [1.165, 1.54) is 0 Å². The molecule has 0 aliphatic carbocycles. The summed E-state index contributed by atoms with van der Waals surface area (Å²) in [5.41, 5.74) is 1.02. The van der Waals surface area contributed by atoms with E-state index in [1.54, 1.807) is 13.3 Å². The summed E-state index contributed by atoms with van der Waals surface area (Å²) in [4.78, 5) is 15.7. The molecule has 0 atom stereocenters. The normalized spacial score (nSPS) is 11.2. The van der Waals surface area contributed by atoms with Crippen molar-refractivity contribution >= 4 is 5.91 Å². The summed E-state index contributed by atoms with van der Waals surface area (Å²) < 4.78 is 5.03. The van der Waals surface area contributed by atoms with Crippen LogP contribution in [0.4, 0.5) is 0 Å². The molecule has 0 fully saturated rings. The highest BCUT2D eigenvalue weighted by atomic mass is 16.5. The Labute approximate surface area is 114 Å². The molecule has 0 saturated carbocycles. The maximum absolute atomic E-state index is 11.7.